The number of aromatic nitrogens is 1. The Morgan fingerprint density at radius 2 is 1.79 bits per heavy atom. The third-order valence-electron chi connectivity index (χ3n) is 3.47. The highest BCUT2D eigenvalue weighted by Crippen LogP contribution is 2.22. The molecule has 0 unspecified atom stereocenters. The summed E-state index contributed by atoms with van der Waals surface area (Å²) in [5.41, 5.74) is 3.06. The first kappa shape index (κ1) is 17.0. The van der Waals surface area contributed by atoms with Crippen molar-refractivity contribution in [2.75, 3.05) is 0 Å². The summed E-state index contributed by atoms with van der Waals surface area (Å²) in [5, 5.41) is 1.13. The van der Waals surface area contributed by atoms with Crippen molar-refractivity contribution in [2.45, 2.75) is 11.1 Å². The molecule has 120 valence electrons. The lowest BCUT2D eigenvalue weighted by molar-refractivity contribution is 0.307. The van der Waals surface area contributed by atoms with Gasteiger partial charge in [-0.15, -0.1) is 23.2 Å². The summed E-state index contributed by atoms with van der Waals surface area (Å²) in [6.45, 7) is 0.481. The smallest absolute Gasteiger partial charge is 0.125 e. The summed E-state index contributed by atoms with van der Waals surface area (Å²) >= 11 is 11.8. The van der Waals surface area contributed by atoms with E-state index < -0.39 is 4.46 Å². The number of rotatable bonds is 6. The Balaban J connectivity index is 1.74. The van der Waals surface area contributed by atoms with Gasteiger partial charge in [0.1, 0.15) is 21.9 Å². The molecule has 3 aromatic rings. The van der Waals surface area contributed by atoms with E-state index in [-0.39, 0.29) is 0 Å². The molecule has 0 aliphatic carbocycles. The molecule has 0 saturated carbocycles. The molecule has 5 heteroatoms. The van der Waals surface area contributed by atoms with Crippen LogP contribution in [0, 0.1) is 0 Å². The molecule has 2 radical (unpaired) electrons. The maximum atomic E-state index is 5.97. The molecule has 0 atom stereocenters. The molecule has 1 heterocycles. The number of hydrogen-bond donors (Lipinski definition) is 0. The summed E-state index contributed by atoms with van der Waals surface area (Å²) in [7, 11) is 0.343. The van der Waals surface area contributed by atoms with Gasteiger partial charge in [-0.25, -0.2) is 0 Å². The standard InChI is InChI=1S/C19H15Cl2NOSi/c20-19(21)24-18-10-2-1-6-15(18)13-23-16-8-5-7-14(12-16)17-9-3-4-11-22-17/h1-12,19H,13H2. The SMILES string of the molecule is ClC(Cl)[Si]c1ccccc1COc1cccc(-c2ccccn2)c1. The van der Waals surface area contributed by atoms with Crippen LogP contribution in [0.4, 0.5) is 0 Å². The first-order valence-corrected chi connectivity index (χ1v) is 9.44. The molecule has 2 nitrogen and oxygen atoms in total. The second-order valence-corrected chi connectivity index (χ2v) is 8.37. The molecule has 1 aromatic heterocycles. The number of alkyl halides is 2. The predicted molar refractivity (Wildman–Crippen MR) is 101 cm³/mol. The minimum atomic E-state index is -0.390. The summed E-state index contributed by atoms with van der Waals surface area (Å²) in [5.74, 6) is 0.810. The van der Waals surface area contributed by atoms with Gasteiger partial charge in [0.25, 0.3) is 0 Å². The summed E-state index contributed by atoms with van der Waals surface area (Å²) in [4.78, 5) is 4.37. The van der Waals surface area contributed by atoms with Gasteiger partial charge in [0.2, 0.25) is 0 Å². The Labute approximate surface area is 154 Å². The van der Waals surface area contributed by atoms with Crippen LogP contribution in [0.25, 0.3) is 11.3 Å². The first-order valence-electron chi connectivity index (χ1n) is 7.49. The molecule has 0 saturated heterocycles. The van der Waals surface area contributed by atoms with Crippen LogP contribution in [0.1, 0.15) is 5.56 Å². The molecule has 0 N–H and O–H groups in total. The van der Waals surface area contributed by atoms with E-state index in [1.54, 1.807) is 6.20 Å². The highest BCUT2D eigenvalue weighted by atomic mass is 35.5. The maximum Gasteiger partial charge on any atom is 0.125 e. The second kappa shape index (κ2) is 8.33. The summed E-state index contributed by atoms with van der Waals surface area (Å²) in [6.07, 6.45) is 1.79. The van der Waals surface area contributed by atoms with Gasteiger partial charge in [-0.3, -0.25) is 4.98 Å². The third kappa shape index (κ3) is 4.60. The average molecular weight is 372 g/mol. The fourth-order valence-electron chi connectivity index (χ4n) is 2.34. The van der Waals surface area contributed by atoms with E-state index in [2.05, 4.69) is 4.98 Å². The number of ether oxygens (including phenoxy) is 1. The van der Waals surface area contributed by atoms with Crippen LogP contribution in [0.15, 0.2) is 72.9 Å². The van der Waals surface area contributed by atoms with E-state index in [4.69, 9.17) is 27.9 Å². The number of hydrogen-bond acceptors (Lipinski definition) is 2. The van der Waals surface area contributed by atoms with Crippen molar-refractivity contribution in [2.24, 2.45) is 0 Å². The van der Waals surface area contributed by atoms with E-state index in [1.807, 2.05) is 66.7 Å². The van der Waals surface area contributed by atoms with Crippen LogP contribution < -0.4 is 9.92 Å². The highest BCUT2D eigenvalue weighted by molar-refractivity contribution is 6.76. The third-order valence-corrected chi connectivity index (χ3v) is 5.14. The van der Waals surface area contributed by atoms with Crippen LogP contribution >= 0.6 is 23.2 Å². The van der Waals surface area contributed by atoms with Crippen molar-refractivity contribution >= 4 is 37.9 Å². The molecule has 0 aliphatic heterocycles. The predicted octanol–water partition coefficient (Wildman–Crippen LogP) is 4.42. The summed E-state index contributed by atoms with van der Waals surface area (Å²) in [6, 6.07) is 21.9. The van der Waals surface area contributed by atoms with Crippen LogP contribution in [0.5, 0.6) is 5.75 Å². The van der Waals surface area contributed by atoms with Crippen molar-refractivity contribution in [3.8, 4) is 17.0 Å². The molecular formula is C19H15Cl2NOSi. The Hall–Kier alpha value is -1.81. The van der Waals surface area contributed by atoms with E-state index in [0.29, 0.717) is 16.1 Å². The molecule has 0 aliphatic rings. The van der Waals surface area contributed by atoms with Gasteiger partial charge in [-0.1, -0.05) is 47.7 Å². The fraction of sp³-hybridized carbons (Fsp3) is 0.105. The molecular weight excluding hydrogens is 357 g/mol. The van der Waals surface area contributed by atoms with E-state index in [0.717, 1.165) is 27.8 Å². The van der Waals surface area contributed by atoms with Crippen molar-refractivity contribution in [3.05, 3.63) is 78.5 Å². The largest absolute Gasteiger partial charge is 0.489 e. The van der Waals surface area contributed by atoms with Crippen LogP contribution in [0.2, 0.25) is 0 Å². The monoisotopic (exact) mass is 371 g/mol. The zero-order chi connectivity index (χ0) is 16.8. The van der Waals surface area contributed by atoms with Crippen LogP contribution in [0.3, 0.4) is 0 Å². The Bertz CT molecular complexity index is 796. The number of halogens is 2. The number of benzene rings is 2. The fourth-order valence-corrected chi connectivity index (χ4v) is 3.82. The van der Waals surface area contributed by atoms with Gasteiger partial charge in [0.05, 0.1) is 10.2 Å². The molecule has 24 heavy (non-hydrogen) atoms. The van der Waals surface area contributed by atoms with Crippen LogP contribution in [-0.4, -0.2) is 19.0 Å². The lowest BCUT2D eigenvalue weighted by Crippen LogP contribution is -2.25. The van der Waals surface area contributed by atoms with Crippen molar-refractivity contribution < 1.29 is 4.74 Å². The highest BCUT2D eigenvalue weighted by Gasteiger charge is 2.09. The zero-order valence-electron chi connectivity index (χ0n) is 12.8. The van der Waals surface area contributed by atoms with Crippen molar-refractivity contribution in [3.63, 3.8) is 0 Å². The topological polar surface area (TPSA) is 22.1 Å². The minimum absolute atomic E-state index is 0.343. The van der Waals surface area contributed by atoms with Gasteiger partial charge in [-0.2, -0.15) is 0 Å². The van der Waals surface area contributed by atoms with Gasteiger partial charge in [-0.05, 0) is 29.8 Å². The normalized spacial score (nSPS) is 10.8. The average Bonchev–Trinajstić information content (AvgIpc) is 2.61. The Morgan fingerprint density at radius 1 is 0.958 bits per heavy atom. The van der Waals surface area contributed by atoms with Gasteiger partial charge < -0.3 is 4.74 Å². The lowest BCUT2D eigenvalue weighted by Gasteiger charge is -2.12. The molecule has 0 spiro atoms. The van der Waals surface area contributed by atoms with E-state index >= 15 is 0 Å². The summed E-state index contributed by atoms with van der Waals surface area (Å²) < 4.78 is 5.58. The lowest BCUT2D eigenvalue weighted by atomic mass is 10.1. The van der Waals surface area contributed by atoms with Gasteiger partial charge >= 0.3 is 0 Å². The minimum Gasteiger partial charge on any atom is -0.489 e. The molecule has 0 amide bonds. The quantitative estimate of drug-likeness (QED) is 0.472. The van der Waals surface area contributed by atoms with E-state index in [9.17, 15) is 0 Å². The first-order chi connectivity index (χ1) is 11.7. The van der Waals surface area contributed by atoms with Gasteiger partial charge in [0, 0.05) is 11.8 Å². The van der Waals surface area contributed by atoms with Crippen molar-refractivity contribution in [1.29, 1.82) is 0 Å². The van der Waals surface area contributed by atoms with Gasteiger partial charge in [0.15, 0.2) is 0 Å². The maximum absolute atomic E-state index is 5.97. The molecule has 2 aromatic carbocycles. The molecule has 0 fully saturated rings. The molecule has 3 rings (SSSR count). The van der Waals surface area contributed by atoms with Crippen LogP contribution in [-0.2, 0) is 6.61 Å². The molecule has 0 bridgehead atoms. The van der Waals surface area contributed by atoms with Crippen molar-refractivity contribution in [1.82, 2.24) is 4.98 Å². The Kier molecular flexibility index (Phi) is 5.91. The number of pyridine rings is 1. The number of nitrogens with zero attached hydrogens (tertiary/aromatic N) is 1. The second-order valence-electron chi connectivity index (χ2n) is 5.13. The zero-order valence-corrected chi connectivity index (χ0v) is 15.3. The van der Waals surface area contributed by atoms with E-state index in [1.165, 1.54) is 0 Å². The Morgan fingerprint density at radius 3 is 2.58 bits per heavy atom.